The number of nitrogens with one attached hydrogen (secondary N) is 2. The van der Waals surface area contributed by atoms with Crippen molar-refractivity contribution < 1.29 is 29.3 Å². The zero-order chi connectivity index (χ0) is 37.0. The van der Waals surface area contributed by atoms with Gasteiger partial charge in [0.05, 0.1) is 24.5 Å². The Bertz CT molecular complexity index is 1940. The molecule has 0 bridgehead atoms. The summed E-state index contributed by atoms with van der Waals surface area (Å²) >= 11 is 1.49. The van der Waals surface area contributed by atoms with Crippen LogP contribution in [0.3, 0.4) is 0 Å². The Morgan fingerprint density at radius 2 is 1.64 bits per heavy atom. The van der Waals surface area contributed by atoms with E-state index >= 15 is 0 Å². The van der Waals surface area contributed by atoms with Gasteiger partial charge >= 0.3 is 0 Å². The Labute approximate surface area is 312 Å². The van der Waals surface area contributed by atoms with E-state index in [-0.39, 0.29) is 36.4 Å². The van der Waals surface area contributed by atoms with Crippen LogP contribution in [0.5, 0.6) is 5.75 Å². The normalized spacial score (nSPS) is 17.0. The van der Waals surface area contributed by atoms with E-state index in [0.717, 1.165) is 58.3 Å². The standard InChI is InChI=1S/C40H44N6O6S/c1-27(48)41-21-4-2-3-8-38(50)42-24-29-6-5-7-33(22-29)30-13-15-32(16-14-30)39-51-36(23-37(52-39)31-11-9-28(25-47)10-12-31)26-53-40-43-44-45-46(40)34-17-19-35(49)20-18-34/h5-7,9-20,22,36-37,39,47,49H,2-4,8,21,23-26H2,1H3,(H,41,48)(H,42,50)/t36-,37+,39+/m1/s1. The second kappa shape index (κ2) is 18.6. The van der Waals surface area contributed by atoms with Crippen molar-refractivity contribution in [2.45, 2.75) is 75.8 Å². The summed E-state index contributed by atoms with van der Waals surface area (Å²) in [6.45, 7) is 2.56. The van der Waals surface area contributed by atoms with Gasteiger partial charge in [-0.3, -0.25) is 9.59 Å². The van der Waals surface area contributed by atoms with E-state index in [2.05, 4.69) is 44.4 Å². The van der Waals surface area contributed by atoms with Crippen molar-refractivity contribution in [3.63, 3.8) is 0 Å². The van der Waals surface area contributed by atoms with Crippen LogP contribution in [0.2, 0.25) is 0 Å². The molecule has 0 aliphatic carbocycles. The number of unbranched alkanes of at least 4 members (excludes halogenated alkanes) is 2. The van der Waals surface area contributed by atoms with Crippen LogP contribution in [0.4, 0.5) is 0 Å². The summed E-state index contributed by atoms with van der Waals surface area (Å²) in [6, 6.07) is 30.8. The molecule has 53 heavy (non-hydrogen) atoms. The van der Waals surface area contributed by atoms with Gasteiger partial charge < -0.3 is 30.3 Å². The van der Waals surface area contributed by atoms with Gasteiger partial charge in [0.2, 0.25) is 17.0 Å². The topological polar surface area (TPSA) is 161 Å². The van der Waals surface area contributed by atoms with Gasteiger partial charge in [-0.15, -0.1) is 5.10 Å². The lowest BCUT2D eigenvalue weighted by Gasteiger charge is -2.36. The van der Waals surface area contributed by atoms with Crippen molar-refractivity contribution in [3.8, 4) is 22.6 Å². The minimum atomic E-state index is -0.619. The van der Waals surface area contributed by atoms with E-state index in [4.69, 9.17) is 9.47 Å². The maximum Gasteiger partial charge on any atom is 0.220 e. The molecule has 2 amide bonds. The van der Waals surface area contributed by atoms with E-state index in [0.29, 0.717) is 36.8 Å². The molecule has 1 aliphatic heterocycles. The number of phenols is 1. The van der Waals surface area contributed by atoms with Gasteiger partial charge in [-0.25, -0.2) is 0 Å². The van der Waals surface area contributed by atoms with Crippen molar-refractivity contribution in [2.75, 3.05) is 12.3 Å². The molecule has 0 saturated carbocycles. The van der Waals surface area contributed by atoms with Gasteiger partial charge in [0.1, 0.15) is 5.75 Å². The minimum Gasteiger partial charge on any atom is -0.508 e. The molecule has 4 aromatic carbocycles. The van der Waals surface area contributed by atoms with Gasteiger partial charge in [0.25, 0.3) is 0 Å². The van der Waals surface area contributed by atoms with E-state index < -0.39 is 6.29 Å². The number of carbonyl (C=O) groups is 2. The summed E-state index contributed by atoms with van der Waals surface area (Å²) in [4.78, 5) is 23.4. The first kappa shape index (κ1) is 37.7. The third-order valence-electron chi connectivity index (χ3n) is 8.94. The Balaban J connectivity index is 1.09. The Hall–Kier alpha value is -5.08. The molecule has 3 atom stereocenters. The number of hydrogen-bond donors (Lipinski definition) is 4. The summed E-state index contributed by atoms with van der Waals surface area (Å²) in [5.74, 6) is 0.721. The number of rotatable bonds is 16. The number of aliphatic hydroxyl groups is 1. The maximum atomic E-state index is 12.4. The first-order chi connectivity index (χ1) is 25.8. The van der Waals surface area contributed by atoms with Crippen molar-refractivity contribution in [3.05, 3.63) is 119 Å². The zero-order valence-corrected chi connectivity index (χ0v) is 30.4. The fourth-order valence-corrected chi connectivity index (χ4v) is 6.96. The molecule has 276 valence electrons. The fourth-order valence-electron chi connectivity index (χ4n) is 6.05. The number of phenolic OH excluding ortho intramolecular Hbond substituents is 1. The quantitative estimate of drug-likeness (QED) is 0.0681. The third-order valence-corrected chi connectivity index (χ3v) is 9.99. The molecule has 12 nitrogen and oxygen atoms in total. The van der Waals surface area contributed by atoms with E-state index in [1.807, 2.05) is 54.6 Å². The van der Waals surface area contributed by atoms with Crippen LogP contribution in [0.1, 0.15) is 73.7 Å². The number of thioether (sulfide) groups is 1. The second-order valence-corrected chi connectivity index (χ2v) is 13.9. The van der Waals surface area contributed by atoms with Crippen LogP contribution in [0.25, 0.3) is 16.8 Å². The third kappa shape index (κ3) is 10.7. The first-order valence-electron chi connectivity index (χ1n) is 17.8. The lowest BCUT2D eigenvalue weighted by molar-refractivity contribution is -0.245. The molecule has 6 rings (SSSR count). The van der Waals surface area contributed by atoms with Gasteiger partial charge in [-0.05, 0) is 81.4 Å². The highest BCUT2D eigenvalue weighted by atomic mass is 32.2. The first-order valence-corrected chi connectivity index (χ1v) is 18.7. The van der Waals surface area contributed by atoms with Crippen molar-refractivity contribution in [1.29, 1.82) is 0 Å². The summed E-state index contributed by atoms with van der Waals surface area (Å²) in [5, 5.41) is 37.9. The van der Waals surface area contributed by atoms with Crippen molar-refractivity contribution in [2.24, 2.45) is 0 Å². The molecule has 1 fully saturated rings. The molecule has 4 N–H and O–H groups in total. The van der Waals surface area contributed by atoms with E-state index in [1.54, 1.807) is 28.9 Å². The number of aromatic hydroxyl groups is 1. The Morgan fingerprint density at radius 3 is 2.40 bits per heavy atom. The number of nitrogens with zero attached hydrogens (tertiary/aromatic N) is 4. The molecular formula is C40H44N6O6S. The zero-order valence-electron chi connectivity index (χ0n) is 29.6. The average Bonchev–Trinajstić information content (AvgIpc) is 3.66. The summed E-state index contributed by atoms with van der Waals surface area (Å²) in [7, 11) is 0. The number of tetrazole rings is 1. The molecule has 1 saturated heterocycles. The van der Waals surface area contributed by atoms with Gasteiger partial charge in [-0.2, -0.15) is 4.68 Å². The highest BCUT2D eigenvalue weighted by Gasteiger charge is 2.32. The summed E-state index contributed by atoms with van der Waals surface area (Å²) in [6.07, 6.45) is 2.55. The molecular weight excluding hydrogens is 693 g/mol. The predicted molar refractivity (Wildman–Crippen MR) is 201 cm³/mol. The number of carbonyl (C=O) groups excluding carboxylic acids is 2. The highest BCUT2D eigenvalue weighted by molar-refractivity contribution is 7.99. The van der Waals surface area contributed by atoms with Crippen LogP contribution in [0, 0.1) is 0 Å². The monoisotopic (exact) mass is 736 g/mol. The average molecular weight is 737 g/mol. The van der Waals surface area contributed by atoms with Crippen LogP contribution in [-0.4, -0.2) is 60.6 Å². The predicted octanol–water partition coefficient (Wildman–Crippen LogP) is 6.18. The van der Waals surface area contributed by atoms with Gasteiger partial charge in [-0.1, -0.05) is 84.9 Å². The molecule has 13 heteroatoms. The molecule has 2 heterocycles. The van der Waals surface area contributed by atoms with E-state index in [1.165, 1.54) is 18.7 Å². The molecule has 0 spiro atoms. The van der Waals surface area contributed by atoms with Crippen molar-refractivity contribution >= 4 is 23.6 Å². The second-order valence-electron chi connectivity index (χ2n) is 12.9. The maximum absolute atomic E-state index is 12.4. The largest absolute Gasteiger partial charge is 0.508 e. The Morgan fingerprint density at radius 1 is 0.868 bits per heavy atom. The highest BCUT2D eigenvalue weighted by Crippen LogP contribution is 2.40. The summed E-state index contributed by atoms with van der Waals surface area (Å²) in [5.41, 5.74) is 6.53. The lowest BCUT2D eigenvalue weighted by Crippen LogP contribution is -2.31. The van der Waals surface area contributed by atoms with Gasteiger partial charge in [0, 0.05) is 44.2 Å². The Kier molecular flexibility index (Phi) is 13.2. The van der Waals surface area contributed by atoms with Gasteiger partial charge in [0.15, 0.2) is 6.29 Å². The van der Waals surface area contributed by atoms with Crippen molar-refractivity contribution in [1.82, 2.24) is 30.8 Å². The molecule has 0 radical (unpaired) electrons. The molecule has 0 unspecified atom stereocenters. The number of benzene rings is 4. The number of aliphatic hydroxyl groups excluding tert-OH is 1. The number of ether oxygens (including phenoxy) is 2. The van der Waals surface area contributed by atoms with Crippen LogP contribution in [-0.2, 0) is 32.2 Å². The minimum absolute atomic E-state index is 0.0158. The molecule has 1 aliphatic rings. The molecule has 5 aromatic rings. The smallest absolute Gasteiger partial charge is 0.220 e. The number of hydrogen-bond acceptors (Lipinski definition) is 10. The molecule has 1 aromatic heterocycles. The number of amides is 2. The number of aromatic nitrogens is 4. The van der Waals surface area contributed by atoms with Crippen LogP contribution in [0.15, 0.2) is 102 Å². The SMILES string of the molecule is CC(=O)NCCCCCC(=O)NCc1cccc(-c2ccc([C@H]3O[C@@H](CSc4nnnn4-c4ccc(O)cc4)C[C@@H](c4ccc(CO)cc4)O3)cc2)c1. The fraction of sp³-hybridized carbons (Fsp3) is 0.325. The lowest BCUT2D eigenvalue weighted by atomic mass is 9.99. The van der Waals surface area contributed by atoms with E-state index in [9.17, 15) is 19.8 Å². The summed E-state index contributed by atoms with van der Waals surface area (Å²) < 4.78 is 14.7. The van der Waals surface area contributed by atoms with Crippen LogP contribution < -0.4 is 10.6 Å². The van der Waals surface area contributed by atoms with Crippen LogP contribution >= 0.6 is 11.8 Å².